The Hall–Kier alpha value is -3.76. The summed E-state index contributed by atoms with van der Waals surface area (Å²) in [7, 11) is 0. The molecule has 0 saturated carbocycles. The Morgan fingerprint density at radius 3 is 2.32 bits per heavy atom. The largest absolute Gasteiger partial charge is 0.462 e. The van der Waals surface area contributed by atoms with E-state index in [9.17, 15) is 19.2 Å². The van der Waals surface area contributed by atoms with E-state index in [1.165, 1.54) is 10.5 Å². The number of hydrogen-bond acceptors (Lipinski definition) is 7. The molecule has 38 heavy (non-hydrogen) atoms. The second kappa shape index (κ2) is 13.2. The van der Waals surface area contributed by atoms with Crippen LogP contribution in [0.25, 0.3) is 0 Å². The van der Waals surface area contributed by atoms with Crippen molar-refractivity contribution in [1.29, 1.82) is 0 Å². The predicted molar refractivity (Wildman–Crippen MR) is 142 cm³/mol. The van der Waals surface area contributed by atoms with Crippen LogP contribution in [0.3, 0.4) is 0 Å². The third-order valence-electron chi connectivity index (χ3n) is 6.78. The number of benzene rings is 2. The number of carbonyl (C=O) groups is 4. The van der Waals surface area contributed by atoms with Gasteiger partial charge in [-0.25, -0.2) is 4.79 Å². The molecule has 2 aliphatic rings. The summed E-state index contributed by atoms with van der Waals surface area (Å²) < 4.78 is 4.97. The van der Waals surface area contributed by atoms with Crippen molar-refractivity contribution in [3.63, 3.8) is 0 Å². The van der Waals surface area contributed by atoms with Gasteiger partial charge in [-0.05, 0) is 36.8 Å². The van der Waals surface area contributed by atoms with Crippen LogP contribution < -0.4 is 10.6 Å². The van der Waals surface area contributed by atoms with Crippen LogP contribution in [0.1, 0.15) is 29.3 Å². The maximum Gasteiger partial charge on any atom is 0.338 e. The number of rotatable bonds is 9. The highest BCUT2D eigenvalue weighted by Crippen LogP contribution is 2.15. The van der Waals surface area contributed by atoms with Gasteiger partial charge in [-0.15, -0.1) is 0 Å². The number of nitrogens with one attached hydrogen (secondary N) is 2. The fourth-order valence-corrected chi connectivity index (χ4v) is 4.74. The van der Waals surface area contributed by atoms with E-state index in [1.54, 1.807) is 31.2 Å². The lowest BCUT2D eigenvalue weighted by atomic mass is 10.1. The summed E-state index contributed by atoms with van der Waals surface area (Å²) in [5.41, 5.74) is 2.15. The molecule has 0 radical (unpaired) electrons. The molecule has 2 N–H and O–H groups in total. The predicted octanol–water partition coefficient (Wildman–Crippen LogP) is 1.34. The molecule has 2 aliphatic heterocycles. The molecule has 2 fully saturated rings. The van der Waals surface area contributed by atoms with Crippen LogP contribution in [0.15, 0.2) is 54.6 Å². The van der Waals surface area contributed by atoms with Crippen LogP contribution in [0.2, 0.25) is 0 Å². The first-order chi connectivity index (χ1) is 18.4. The third-order valence-corrected chi connectivity index (χ3v) is 6.78. The number of amides is 3. The van der Waals surface area contributed by atoms with Gasteiger partial charge < -0.3 is 20.3 Å². The zero-order valence-electron chi connectivity index (χ0n) is 21.7. The lowest BCUT2D eigenvalue weighted by Gasteiger charge is -2.38. The van der Waals surface area contributed by atoms with E-state index in [0.29, 0.717) is 24.3 Å². The standard InChI is InChI=1S/C28H35N5O5/c1-2-38-28(37)22-8-10-23(11-9-22)30-25(34)18-24-27(36)29-12-13-33(24)26(35)20-32-16-14-31(15-17-32)19-21-6-4-3-5-7-21/h3-11,24H,2,12-20H2,1H3,(H,29,36)(H,30,34)/t24-/m0/s1. The van der Waals surface area contributed by atoms with Crippen LogP contribution in [0.4, 0.5) is 5.69 Å². The van der Waals surface area contributed by atoms with Gasteiger partial charge in [0.05, 0.1) is 25.1 Å². The number of ether oxygens (including phenoxy) is 1. The van der Waals surface area contributed by atoms with Crippen LogP contribution >= 0.6 is 0 Å². The molecule has 10 heteroatoms. The molecule has 2 aromatic rings. The molecule has 3 amide bonds. The van der Waals surface area contributed by atoms with Crippen molar-refractivity contribution in [2.45, 2.75) is 25.9 Å². The average molecular weight is 522 g/mol. The van der Waals surface area contributed by atoms with Crippen LogP contribution in [-0.2, 0) is 25.7 Å². The van der Waals surface area contributed by atoms with Gasteiger partial charge in [-0.2, -0.15) is 0 Å². The fourth-order valence-electron chi connectivity index (χ4n) is 4.74. The smallest absolute Gasteiger partial charge is 0.338 e. The average Bonchev–Trinajstić information content (AvgIpc) is 2.92. The summed E-state index contributed by atoms with van der Waals surface area (Å²) in [6, 6.07) is 15.8. The SMILES string of the molecule is CCOC(=O)c1ccc(NC(=O)C[C@H]2C(=O)NCCN2C(=O)CN2CCN(Cc3ccccc3)CC2)cc1. The first kappa shape index (κ1) is 27.3. The maximum atomic E-state index is 13.2. The van der Waals surface area contributed by atoms with E-state index in [2.05, 4.69) is 32.6 Å². The van der Waals surface area contributed by atoms with Gasteiger partial charge in [0, 0.05) is 51.5 Å². The summed E-state index contributed by atoms with van der Waals surface area (Å²) in [4.78, 5) is 56.4. The molecule has 202 valence electrons. The summed E-state index contributed by atoms with van der Waals surface area (Å²) in [5.74, 6) is -1.29. The monoisotopic (exact) mass is 521 g/mol. The second-order valence-electron chi connectivity index (χ2n) is 9.48. The van der Waals surface area contributed by atoms with E-state index in [0.717, 1.165) is 32.7 Å². The number of nitrogens with zero attached hydrogens (tertiary/aromatic N) is 3. The molecule has 0 spiro atoms. The summed E-state index contributed by atoms with van der Waals surface area (Å²) in [6.45, 7) is 7.12. The van der Waals surface area contributed by atoms with Crippen LogP contribution in [-0.4, -0.2) is 96.9 Å². The minimum Gasteiger partial charge on any atom is -0.462 e. The van der Waals surface area contributed by atoms with Crippen molar-refractivity contribution in [3.8, 4) is 0 Å². The van der Waals surface area contributed by atoms with Gasteiger partial charge in [0.2, 0.25) is 17.7 Å². The molecule has 1 atom stereocenters. The fraction of sp³-hybridized carbons (Fsp3) is 0.429. The molecule has 0 bridgehead atoms. The van der Waals surface area contributed by atoms with Crippen molar-refractivity contribution in [2.24, 2.45) is 0 Å². The van der Waals surface area contributed by atoms with Crippen molar-refractivity contribution in [3.05, 3.63) is 65.7 Å². The number of anilines is 1. The number of carbonyl (C=O) groups excluding carboxylic acids is 4. The highest BCUT2D eigenvalue weighted by molar-refractivity contribution is 5.98. The molecule has 4 rings (SSSR count). The molecular formula is C28H35N5O5. The van der Waals surface area contributed by atoms with Gasteiger partial charge in [-0.3, -0.25) is 24.2 Å². The van der Waals surface area contributed by atoms with E-state index >= 15 is 0 Å². The summed E-state index contributed by atoms with van der Waals surface area (Å²) in [5, 5.41) is 5.51. The Balaban J connectivity index is 1.28. The van der Waals surface area contributed by atoms with Gasteiger partial charge in [0.25, 0.3) is 0 Å². The highest BCUT2D eigenvalue weighted by atomic mass is 16.5. The minimum absolute atomic E-state index is 0.145. The van der Waals surface area contributed by atoms with Gasteiger partial charge in [-0.1, -0.05) is 30.3 Å². The van der Waals surface area contributed by atoms with Crippen LogP contribution in [0.5, 0.6) is 0 Å². The number of piperazine rings is 2. The normalized spacial score (nSPS) is 18.5. The van der Waals surface area contributed by atoms with Crippen molar-refractivity contribution in [1.82, 2.24) is 20.0 Å². The Bertz CT molecular complexity index is 1120. The van der Waals surface area contributed by atoms with Crippen molar-refractivity contribution in [2.75, 3.05) is 57.7 Å². The molecule has 2 aromatic carbocycles. The molecule has 0 aliphatic carbocycles. The molecule has 0 unspecified atom stereocenters. The lowest BCUT2D eigenvalue weighted by molar-refractivity contribution is -0.145. The molecule has 2 heterocycles. The maximum absolute atomic E-state index is 13.2. The minimum atomic E-state index is -0.866. The first-order valence-corrected chi connectivity index (χ1v) is 13.1. The Morgan fingerprint density at radius 2 is 1.63 bits per heavy atom. The topological polar surface area (TPSA) is 111 Å². The lowest BCUT2D eigenvalue weighted by Crippen LogP contribution is -2.60. The van der Waals surface area contributed by atoms with Gasteiger partial charge in [0.15, 0.2) is 0 Å². The molecule has 0 aromatic heterocycles. The van der Waals surface area contributed by atoms with Crippen molar-refractivity contribution < 1.29 is 23.9 Å². The second-order valence-corrected chi connectivity index (χ2v) is 9.48. The third kappa shape index (κ3) is 7.39. The van der Waals surface area contributed by atoms with E-state index in [4.69, 9.17) is 4.74 Å². The van der Waals surface area contributed by atoms with Gasteiger partial charge in [0.1, 0.15) is 6.04 Å². The molecular weight excluding hydrogens is 486 g/mol. The van der Waals surface area contributed by atoms with Gasteiger partial charge >= 0.3 is 5.97 Å². The van der Waals surface area contributed by atoms with Crippen LogP contribution in [0, 0.1) is 0 Å². The zero-order chi connectivity index (χ0) is 26.9. The summed E-state index contributed by atoms with van der Waals surface area (Å²) in [6.07, 6.45) is -0.151. The van der Waals surface area contributed by atoms with E-state index < -0.39 is 12.0 Å². The molecule has 2 saturated heterocycles. The first-order valence-electron chi connectivity index (χ1n) is 13.1. The Morgan fingerprint density at radius 1 is 0.947 bits per heavy atom. The Labute approximate surface area is 222 Å². The zero-order valence-corrected chi connectivity index (χ0v) is 21.7. The van der Waals surface area contributed by atoms with E-state index in [1.807, 2.05) is 18.2 Å². The Kier molecular flexibility index (Phi) is 9.45. The quantitative estimate of drug-likeness (QED) is 0.479. The number of esters is 1. The molecule has 10 nitrogen and oxygen atoms in total. The van der Waals surface area contributed by atoms with Crippen molar-refractivity contribution >= 4 is 29.4 Å². The highest BCUT2D eigenvalue weighted by Gasteiger charge is 2.35. The summed E-state index contributed by atoms with van der Waals surface area (Å²) >= 11 is 0. The number of hydrogen-bond donors (Lipinski definition) is 2. The van der Waals surface area contributed by atoms with E-state index in [-0.39, 0.29) is 37.3 Å².